The quantitative estimate of drug-likeness (QED) is 0.834. The number of anilines is 2. The fraction of sp³-hybridized carbons (Fsp3) is 0.750. The van der Waals surface area contributed by atoms with Crippen molar-refractivity contribution in [1.29, 1.82) is 0 Å². The van der Waals surface area contributed by atoms with Gasteiger partial charge in [-0.3, -0.25) is 4.68 Å². The van der Waals surface area contributed by atoms with Gasteiger partial charge in [-0.25, -0.2) is 0 Å². The van der Waals surface area contributed by atoms with E-state index in [-0.39, 0.29) is 0 Å². The zero-order valence-electron chi connectivity index (χ0n) is 10.3. The summed E-state index contributed by atoms with van der Waals surface area (Å²) in [6, 6.07) is 0.611. The number of rotatable bonds is 2. The topological polar surface area (TPSA) is 47.1 Å². The molecule has 0 amide bonds. The van der Waals surface area contributed by atoms with E-state index in [2.05, 4.69) is 16.9 Å². The number of aryl methyl sites for hydroxylation is 1. The van der Waals surface area contributed by atoms with Gasteiger partial charge in [0.2, 0.25) is 0 Å². The van der Waals surface area contributed by atoms with Crippen LogP contribution in [0.2, 0.25) is 0 Å². The van der Waals surface area contributed by atoms with E-state index in [1.807, 2.05) is 17.9 Å². The largest absolute Gasteiger partial charge is 0.394 e. The van der Waals surface area contributed by atoms with Gasteiger partial charge < -0.3 is 10.6 Å². The van der Waals surface area contributed by atoms with Crippen LogP contribution in [0.5, 0.6) is 0 Å². The highest BCUT2D eigenvalue weighted by Crippen LogP contribution is 2.28. The summed E-state index contributed by atoms with van der Waals surface area (Å²) in [6.45, 7) is 3.35. The van der Waals surface area contributed by atoms with Gasteiger partial charge in [-0.2, -0.15) is 5.10 Å². The number of hydrogen-bond acceptors (Lipinski definition) is 3. The molecule has 1 aromatic rings. The minimum Gasteiger partial charge on any atom is -0.394 e. The lowest BCUT2D eigenvalue weighted by atomic mass is 10.1. The number of nitrogens with two attached hydrogens (primary N) is 1. The number of aromatic nitrogens is 2. The molecular weight excluding hydrogens is 200 g/mol. The Kier molecular flexibility index (Phi) is 3.36. The monoisotopic (exact) mass is 222 g/mol. The summed E-state index contributed by atoms with van der Waals surface area (Å²) in [4.78, 5) is 2.41. The summed E-state index contributed by atoms with van der Waals surface area (Å²) < 4.78 is 1.81. The molecule has 90 valence electrons. The molecule has 16 heavy (non-hydrogen) atoms. The summed E-state index contributed by atoms with van der Waals surface area (Å²) in [6.07, 6.45) is 8.27. The SMILES string of the molecule is CCC1CCCCCN1c1nn(C)cc1N. The maximum Gasteiger partial charge on any atom is 0.174 e. The normalized spacial score (nSPS) is 22.1. The maximum atomic E-state index is 6.02. The fourth-order valence-corrected chi connectivity index (χ4v) is 2.60. The van der Waals surface area contributed by atoms with Crippen molar-refractivity contribution in [2.45, 2.75) is 45.1 Å². The molecule has 0 aromatic carbocycles. The summed E-state index contributed by atoms with van der Waals surface area (Å²) in [7, 11) is 1.93. The molecule has 0 saturated carbocycles. The predicted octanol–water partition coefficient (Wildman–Crippen LogP) is 2.16. The van der Waals surface area contributed by atoms with Crippen LogP contribution in [0.4, 0.5) is 11.5 Å². The van der Waals surface area contributed by atoms with Crippen LogP contribution in [0.3, 0.4) is 0 Å². The molecule has 1 aromatic heterocycles. The third kappa shape index (κ3) is 2.15. The molecule has 1 atom stereocenters. The third-order valence-corrected chi connectivity index (χ3v) is 3.46. The van der Waals surface area contributed by atoms with Gasteiger partial charge in [-0.05, 0) is 19.3 Å². The van der Waals surface area contributed by atoms with E-state index < -0.39 is 0 Å². The van der Waals surface area contributed by atoms with Crippen molar-refractivity contribution in [3.05, 3.63) is 6.20 Å². The molecule has 1 saturated heterocycles. The Labute approximate surface area is 97.4 Å². The lowest BCUT2D eigenvalue weighted by Gasteiger charge is -2.29. The lowest BCUT2D eigenvalue weighted by molar-refractivity contribution is 0.549. The molecule has 1 aliphatic rings. The number of nitrogens with zero attached hydrogens (tertiary/aromatic N) is 3. The van der Waals surface area contributed by atoms with Gasteiger partial charge >= 0.3 is 0 Å². The number of nitrogen functional groups attached to an aromatic ring is 1. The van der Waals surface area contributed by atoms with Crippen molar-refractivity contribution in [1.82, 2.24) is 9.78 Å². The predicted molar refractivity (Wildman–Crippen MR) is 67.5 cm³/mol. The van der Waals surface area contributed by atoms with Gasteiger partial charge in [0, 0.05) is 25.8 Å². The van der Waals surface area contributed by atoms with Crippen LogP contribution in [-0.2, 0) is 7.05 Å². The Hall–Kier alpha value is -1.19. The Balaban J connectivity index is 2.24. The van der Waals surface area contributed by atoms with Gasteiger partial charge in [0.1, 0.15) is 0 Å². The average molecular weight is 222 g/mol. The standard InChI is InChI=1S/C12H22N4/c1-3-10-7-5-4-6-8-16(10)12-11(13)9-15(2)14-12/h9-10H,3-8,13H2,1-2H3. The van der Waals surface area contributed by atoms with E-state index in [4.69, 9.17) is 5.73 Å². The summed E-state index contributed by atoms with van der Waals surface area (Å²) in [5.41, 5.74) is 6.82. The summed E-state index contributed by atoms with van der Waals surface area (Å²) >= 11 is 0. The van der Waals surface area contributed by atoms with E-state index in [0.717, 1.165) is 18.1 Å². The molecule has 2 rings (SSSR count). The van der Waals surface area contributed by atoms with Crippen molar-refractivity contribution < 1.29 is 0 Å². The first-order valence-corrected chi connectivity index (χ1v) is 6.28. The third-order valence-electron chi connectivity index (χ3n) is 3.46. The first-order chi connectivity index (χ1) is 7.72. The maximum absolute atomic E-state index is 6.02. The van der Waals surface area contributed by atoms with E-state index in [9.17, 15) is 0 Å². The summed E-state index contributed by atoms with van der Waals surface area (Å²) in [5, 5.41) is 4.49. The van der Waals surface area contributed by atoms with Crippen LogP contribution in [0.1, 0.15) is 39.0 Å². The molecule has 4 nitrogen and oxygen atoms in total. The fourth-order valence-electron chi connectivity index (χ4n) is 2.60. The van der Waals surface area contributed by atoms with Crippen molar-refractivity contribution in [3.8, 4) is 0 Å². The molecule has 1 unspecified atom stereocenters. The lowest BCUT2D eigenvalue weighted by Crippen LogP contribution is -2.35. The van der Waals surface area contributed by atoms with Crippen LogP contribution in [0.15, 0.2) is 6.20 Å². The highest BCUT2D eigenvalue weighted by Gasteiger charge is 2.23. The van der Waals surface area contributed by atoms with Crippen molar-refractivity contribution >= 4 is 11.5 Å². The van der Waals surface area contributed by atoms with Gasteiger partial charge in [0.05, 0.1) is 5.69 Å². The van der Waals surface area contributed by atoms with Crippen molar-refractivity contribution in [2.24, 2.45) is 7.05 Å². The highest BCUT2D eigenvalue weighted by molar-refractivity contribution is 5.62. The zero-order chi connectivity index (χ0) is 11.5. The molecule has 1 aliphatic heterocycles. The molecular formula is C12H22N4. The second kappa shape index (κ2) is 4.76. The average Bonchev–Trinajstić information content (AvgIpc) is 2.51. The molecule has 0 radical (unpaired) electrons. The van der Waals surface area contributed by atoms with Gasteiger partial charge in [-0.15, -0.1) is 0 Å². The Bertz CT molecular complexity index is 345. The highest BCUT2D eigenvalue weighted by atomic mass is 15.4. The number of hydrogen-bond donors (Lipinski definition) is 1. The molecule has 0 bridgehead atoms. The Morgan fingerprint density at radius 1 is 1.44 bits per heavy atom. The molecule has 0 spiro atoms. The smallest absolute Gasteiger partial charge is 0.174 e. The first kappa shape index (κ1) is 11.3. The van der Waals surface area contributed by atoms with Gasteiger partial charge in [-0.1, -0.05) is 19.8 Å². The van der Waals surface area contributed by atoms with E-state index in [1.54, 1.807) is 0 Å². The van der Waals surface area contributed by atoms with E-state index in [1.165, 1.54) is 32.1 Å². The van der Waals surface area contributed by atoms with Gasteiger partial charge in [0.25, 0.3) is 0 Å². The van der Waals surface area contributed by atoms with E-state index >= 15 is 0 Å². The van der Waals surface area contributed by atoms with E-state index in [0.29, 0.717) is 6.04 Å². The molecule has 0 aliphatic carbocycles. The Morgan fingerprint density at radius 3 is 2.88 bits per heavy atom. The molecule has 2 N–H and O–H groups in total. The van der Waals surface area contributed by atoms with Crippen molar-refractivity contribution in [2.75, 3.05) is 17.2 Å². The Morgan fingerprint density at radius 2 is 2.25 bits per heavy atom. The van der Waals surface area contributed by atoms with Crippen LogP contribution >= 0.6 is 0 Å². The minimum absolute atomic E-state index is 0.611. The molecule has 4 heteroatoms. The van der Waals surface area contributed by atoms with Crippen LogP contribution < -0.4 is 10.6 Å². The van der Waals surface area contributed by atoms with Crippen molar-refractivity contribution in [3.63, 3.8) is 0 Å². The summed E-state index contributed by atoms with van der Waals surface area (Å²) in [5.74, 6) is 0.983. The van der Waals surface area contributed by atoms with Crippen LogP contribution in [-0.4, -0.2) is 22.4 Å². The van der Waals surface area contributed by atoms with Crippen LogP contribution in [0.25, 0.3) is 0 Å². The zero-order valence-corrected chi connectivity index (χ0v) is 10.3. The molecule has 2 heterocycles. The first-order valence-electron chi connectivity index (χ1n) is 6.28. The minimum atomic E-state index is 0.611. The molecule has 1 fully saturated rings. The van der Waals surface area contributed by atoms with Crippen LogP contribution in [0, 0.1) is 0 Å². The van der Waals surface area contributed by atoms with Gasteiger partial charge in [0.15, 0.2) is 5.82 Å². The second-order valence-electron chi connectivity index (χ2n) is 4.69. The second-order valence-corrected chi connectivity index (χ2v) is 4.69.